The van der Waals surface area contributed by atoms with Gasteiger partial charge in [0.15, 0.2) is 0 Å². The molecule has 176 valence electrons. The van der Waals surface area contributed by atoms with Crippen LogP contribution in [0, 0.1) is 0 Å². The van der Waals surface area contributed by atoms with E-state index in [4.69, 9.17) is 4.42 Å². The average molecular weight is 472 g/mol. The monoisotopic (exact) mass is 471 g/mol. The predicted octanol–water partition coefficient (Wildman–Crippen LogP) is 1.97. The molecule has 2 aromatic rings. The van der Waals surface area contributed by atoms with Crippen molar-refractivity contribution < 1.29 is 18.8 Å². The number of nitrogens with zero attached hydrogens (tertiary/aromatic N) is 4. The lowest BCUT2D eigenvalue weighted by molar-refractivity contribution is -0.187. The zero-order chi connectivity index (χ0) is 23.4. The summed E-state index contributed by atoms with van der Waals surface area (Å²) in [4.78, 5) is 43.0. The molecule has 0 radical (unpaired) electrons. The fraction of sp³-hybridized carbons (Fsp3) is 0.435. The number of benzene rings is 1. The van der Waals surface area contributed by atoms with E-state index in [9.17, 15) is 14.4 Å². The van der Waals surface area contributed by atoms with Crippen LogP contribution < -0.4 is 5.32 Å². The van der Waals surface area contributed by atoms with Gasteiger partial charge in [-0.1, -0.05) is 30.3 Å². The van der Waals surface area contributed by atoms with Gasteiger partial charge < -0.3 is 19.5 Å². The Morgan fingerprint density at radius 2 is 1.97 bits per heavy atom. The van der Waals surface area contributed by atoms with Crippen LogP contribution in [0.4, 0.5) is 4.79 Å². The Hall–Kier alpha value is -2.98. The summed E-state index contributed by atoms with van der Waals surface area (Å²) in [5.41, 5.74) is 0.981. The summed E-state index contributed by atoms with van der Waals surface area (Å²) in [6.07, 6.45) is 3.48. The molecule has 2 aliphatic heterocycles. The molecule has 0 spiro atoms. The van der Waals surface area contributed by atoms with Crippen LogP contribution in [0.25, 0.3) is 0 Å². The minimum absolute atomic E-state index is 0.0382. The van der Waals surface area contributed by atoms with Crippen LogP contribution in [0.3, 0.4) is 0 Å². The van der Waals surface area contributed by atoms with Crippen molar-refractivity contribution in [2.24, 2.45) is 0 Å². The normalized spacial score (nSPS) is 21.3. The van der Waals surface area contributed by atoms with Crippen molar-refractivity contribution in [1.29, 1.82) is 0 Å². The van der Waals surface area contributed by atoms with Crippen LogP contribution in [-0.4, -0.2) is 82.0 Å². The third-order valence-corrected chi connectivity index (χ3v) is 6.60. The second kappa shape index (κ2) is 10.3. The Balaban J connectivity index is 1.58. The molecule has 2 fully saturated rings. The Labute approximate surface area is 197 Å². The maximum Gasteiger partial charge on any atom is 0.334 e. The lowest BCUT2D eigenvalue weighted by Gasteiger charge is -2.54. The summed E-state index contributed by atoms with van der Waals surface area (Å²) >= 11 is 1.63. The van der Waals surface area contributed by atoms with E-state index in [1.54, 1.807) is 51.0 Å². The van der Waals surface area contributed by atoms with Crippen LogP contribution in [0.5, 0.6) is 0 Å². The van der Waals surface area contributed by atoms with E-state index in [2.05, 4.69) is 5.32 Å². The summed E-state index contributed by atoms with van der Waals surface area (Å²) in [6, 6.07) is 12.3. The molecular weight excluding hydrogens is 442 g/mol. The number of furan rings is 1. The van der Waals surface area contributed by atoms with E-state index < -0.39 is 12.2 Å². The number of nitrogens with one attached hydrogen (secondary N) is 1. The molecule has 2 saturated heterocycles. The highest BCUT2D eigenvalue weighted by atomic mass is 32.2. The number of hydrogen-bond acceptors (Lipinski definition) is 6. The fourth-order valence-corrected chi connectivity index (χ4v) is 4.86. The number of carbonyl (C=O) groups is 3. The highest BCUT2D eigenvalue weighted by Gasteiger charge is 2.50. The van der Waals surface area contributed by atoms with Gasteiger partial charge in [-0.15, -0.1) is 0 Å². The number of hydrazine groups is 1. The number of urea groups is 1. The summed E-state index contributed by atoms with van der Waals surface area (Å²) < 4.78 is 5.46. The molecule has 2 atom stereocenters. The first kappa shape index (κ1) is 23.2. The number of thioether (sulfide) groups is 1. The highest BCUT2D eigenvalue weighted by Crippen LogP contribution is 2.28. The zero-order valence-electron chi connectivity index (χ0n) is 18.8. The highest BCUT2D eigenvalue weighted by molar-refractivity contribution is 7.98. The summed E-state index contributed by atoms with van der Waals surface area (Å²) in [7, 11) is 1.72. The topological polar surface area (TPSA) is 89.3 Å². The molecule has 1 aromatic carbocycles. The van der Waals surface area contributed by atoms with E-state index in [1.807, 2.05) is 42.7 Å². The molecular formula is C23H29N5O4S. The second-order valence-corrected chi connectivity index (χ2v) is 9.17. The maximum atomic E-state index is 13.4. The minimum Gasteiger partial charge on any atom is -0.467 e. The van der Waals surface area contributed by atoms with E-state index in [0.717, 1.165) is 11.3 Å². The van der Waals surface area contributed by atoms with E-state index in [0.29, 0.717) is 25.3 Å². The van der Waals surface area contributed by atoms with Gasteiger partial charge in [-0.3, -0.25) is 9.59 Å². The number of amides is 4. The molecule has 3 heterocycles. The molecule has 4 amide bonds. The molecule has 33 heavy (non-hydrogen) atoms. The molecule has 0 saturated carbocycles. The number of rotatable bonds is 7. The number of piperazine rings is 1. The van der Waals surface area contributed by atoms with Crippen molar-refractivity contribution in [3.05, 3.63) is 60.1 Å². The van der Waals surface area contributed by atoms with Gasteiger partial charge in [-0.25, -0.2) is 14.8 Å². The molecule has 0 unspecified atom stereocenters. The Kier molecular flexibility index (Phi) is 7.24. The average Bonchev–Trinajstić information content (AvgIpc) is 3.32. The van der Waals surface area contributed by atoms with Gasteiger partial charge in [-0.2, -0.15) is 11.8 Å². The number of likely N-dealkylation sites (N-methyl/N-ethyl adjacent to an activating group) is 1. The van der Waals surface area contributed by atoms with Gasteiger partial charge >= 0.3 is 6.03 Å². The fourth-order valence-electron chi connectivity index (χ4n) is 4.40. The third kappa shape index (κ3) is 5.01. The van der Waals surface area contributed by atoms with E-state index in [1.165, 1.54) is 0 Å². The van der Waals surface area contributed by atoms with Crippen molar-refractivity contribution in [3.8, 4) is 0 Å². The Morgan fingerprint density at radius 1 is 1.18 bits per heavy atom. The number of carbonyl (C=O) groups excluding carboxylic acids is 3. The van der Waals surface area contributed by atoms with Crippen molar-refractivity contribution in [3.63, 3.8) is 0 Å². The van der Waals surface area contributed by atoms with Gasteiger partial charge in [-0.05, 0) is 36.1 Å². The van der Waals surface area contributed by atoms with Crippen LogP contribution in [0.15, 0.2) is 53.1 Å². The predicted molar refractivity (Wildman–Crippen MR) is 125 cm³/mol. The van der Waals surface area contributed by atoms with Crippen LogP contribution in [-0.2, 0) is 22.7 Å². The molecule has 9 nitrogen and oxygen atoms in total. The molecule has 10 heteroatoms. The van der Waals surface area contributed by atoms with Gasteiger partial charge in [0.05, 0.1) is 25.9 Å². The van der Waals surface area contributed by atoms with Gasteiger partial charge in [0.25, 0.3) is 0 Å². The zero-order valence-corrected chi connectivity index (χ0v) is 19.7. The maximum absolute atomic E-state index is 13.4. The van der Waals surface area contributed by atoms with Crippen LogP contribution >= 0.6 is 11.8 Å². The lowest BCUT2D eigenvalue weighted by Crippen LogP contribution is -2.75. The van der Waals surface area contributed by atoms with Crippen molar-refractivity contribution in [2.75, 3.05) is 32.1 Å². The van der Waals surface area contributed by atoms with Gasteiger partial charge in [0.2, 0.25) is 11.8 Å². The first-order valence-electron chi connectivity index (χ1n) is 10.9. The first-order chi connectivity index (χ1) is 16.0. The minimum atomic E-state index is -0.614. The molecule has 2 aliphatic rings. The first-order valence-corrected chi connectivity index (χ1v) is 12.3. The molecule has 1 aromatic heterocycles. The lowest BCUT2D eigenvalue weighted by atomic mass is 10.0. The van der Waals surface area contributed by atoms with E-state index >= 15 is 0 Å². The third-order valence-electron chi connectivity index (χ3n) is 5.96. The number of hydrogen-bond donors (Lipinski definition) is 1. The smallest absolute Gasteiger partial charge is 0.334 e. The standard InChI is InChI=1S/C23H29N5O4S/c1-25-16-21(29)27-19(10-12-33-2)22(30)26(14-18-9-6-11-32-18)15-20(27)28(25)23(31)24-13-17-7-4-3-5-8-17/h3-9,11,19-20H,10,12-16H2,1-2H3,(H,24,31)/t19-,20-/m0/s1. The largest absolute Gasteiger partial charge is 0.467 e. The van der Waals surface area contributed by atoms with Crippen molar-refractivity contribution in [2.45, 2.75) is 31.7 Å². The number of fused-ring (bicyclic) bond motifs is 1. The molecule has 0 aliphatic carbocycles. The van der Waals surface area contributed by atoms with Gasteiger partial charge in [0.1, 0.15) is 18.0 Å². The summed E-state index contributed by atoms with van der Waals surface area (Å²) in [6.45, 7) is 0.916. The van der Waals surface area contributed by atoms with E-state index in [-0.39, 0.29) is 30.9 Å². The Morgan fingerprint density at radius 3 is 2.67 bits per heavy atom. The van der Waals surface area contributed by atoms with Crippen LogP contribution in [0.2, 0.25) is 0 Å². The SMILES string of the molecule is CSCC[C@H]1C(=O)N(Cc2ccco2)C[C@H]2N1C(=O)CN(C)N2C(=O)NCc1ccccc1. The van der Waals surface area contributed by atoms with Crippen molar-refractivity contribution in [1.82, 2.24) is 25.1 Å². The van der Waals surface area contributed by atoms with Crippen molar-refractivity contribution >= 4 is 29.6 Å². The molecule has 0 bridgehead atoms. The molecule has 1 N–H and O–H groups in total. The van der Waals surface area contributed by atoms with Gasteiger partial charge in [0, 0.05) is 13.6 Å². The summed E-state index contributed by atoms with van der Waals surface area (Å²) in [5.74, 6) is 1.14. The quantitative estimate of drug-likeness (QED) is 0.664. The Bertz CT molecular complexity index is 970. The summed E-state index contributed by atoms with van der Waals surface area (Å²) in [5, 5.41) is 6.16. The second-order valence-electron chi connectivity index (χ2n) is 8.18. The van der Waals surface area contributed by atoms with Crippen LogP contribution in [0.1, 0.15) is 17.7 Å². The molecule has 4 rings (SSSR count).